The number of carbonyl (C=O) groups excluding carboxylic acids is 1. The first-order valence-corrected chi connectivity index (χ1v) is 16.6. The maximum atomic E-state index is 12.7. The van der Waals surface area contributed by atoms with Crippen molar-refractivity contribution in [1.29, 1.82) is 0 Å². The first-order chi connectivity index (χ1) is 18.6. The Hall–Kier alpha value is -0.690. The van der Waals surface area contributed by atoms with E-state index in [0.29, 0.717) is 47.8 Å². The van der Waals surface area contributed by atoms with Crippen LogP contribution in [0.1, 0.15) is 91.9 Å². The van der Waals surface area contributed by atoms with Gasteiger partial charge in [0.15, 0.2) is 0 Å². The molecule has 6 heteroatoms. The highest BCUT2D eigenvalue weighted by atomic mass is 16.3. The Morgan fingerprint density at radius 3 is 2.38 bits per heavy atom. The van der Waals surface area contributed by atoms with Gasteiger partial charge in [0.1, 0.15) is 0 Å². The number of aliphatic hydroxyl groups is 2. The molecule has 0 unspecified atom stereocenters. The van der Waals surface area contributed by atoms with Crippen LogP contribution in [0, 0.1) is 52.3 Å². The molecule has 39 heavy (non-hydrogen) atoms. The Kier molecular flexibility index (Phi) is 9.09. The van der Waals surface area contributed by atoms with E-state index in [9.17, 15) is 15.0 Å². The number of nitrogens with zero attached hydrogens (tertiary/aromatic N) is 2. The predicted molar refractivity (Wildman–Crippen MR) is 157 cm³/mol. The molecule has 0 aromatic carbocycles. The van der Waals surface area contributed by atoms with Crippen molar-refractivity contribution in [2.24, 2.45) is 52.3 Å². The van der Waals surface area contributed by atoms with Crippen LogP contribution in [0.2, 0.25) is 0 Å². The van der Waals surface area contributed by atoms with Crippen LogP contribution in [0.4, 0.5) is 0 Å². The Bertz CT molecular complexity index is 846. The third kappa shape index (κ3) is 5.58. The van der Waals surface area contributed by atoms with Gasteiger partial charge in [0.05, 0.1) is 12.2 Å². The Labute approximate surface area is 238 Å². The fourth-order valence-electron chi connectivity index (χ4n) is 11.0. The zero-order valence-corrected chi connectivity index (χ0v) is 25.7. The molecular formula is C33H59N3O3. The van der Waals surface area contributed by atoms with Crippen LogP contribution in [-0.4, -0.2) is 84.4 Å². The number of nitrogens with one attached hydrogen (secondary N) is 1. The van der Waals surface area contributed by atoms with E-state index in [2.05, 4.69) is 49.9 Å². The third-order valence-corrected chi connectivity index (χ3v) is 13.3. The molecule has 0 radical (unpaired) electrons. The summed E-state index contributed by atoms with van der Waals surface area (Å²) < 4.78 is 0. The van der Waals surface area contributed by atoms with E-state index >= 15 is 0 Å². The quantitative estimate of drug-likeness (QED) is 0.422. The van der Waals surface area contributed by atoms with E-state index in [4.69, 9.17) is 0 Å². The second-order valence-electron chi connectivity index (χ2n) is 15.1. The van der Waals surface area contributed by atoms with Crippen LogP contribution in [0.3, 0.4) is 0 Å². The van der Waals surface area contributed by atoms with Crippen LogP contribution in [0.25, 0.3) is 0 Å². The van der Waals surface area contributed by atoms with Crippen LogP contribution < -0.4 is 5.32 Å². The standard InChI is InChI=1S/C33H59N3O3/c1-6-24-28-21-23(37)11-13-33(28,4)27-12-14-32(3)25(8-9-26(32)30(27)31(24)39)22(2)7-10-29(38)34-15-16-36-19-17-35(5)18-20-36/h22-28,30-31,37,39H,6-21H2,1-5H3,(H,34,38)/t22-,23-,24-,25-,26+,27+,28+,30+,31-,32-,33-/m1/s1. The molecular weight excluding hydrogens is 486 g/mol. The topological polar surface area (TPSA) is 76.0 Å². The van der Waals surface area contributed by atoms with Gasteiger partial charge in [-0.15, -0.1) is 0 Å². The molecule has 224 valence electrons. The molecule has 0 aromatic rings. The Morgan fingerprint density at radius 2 is 1.67 bits per heavy atom. The lowest BCUT2D eigenvalue weighted by Gasteiger charge is -2.64. The highest BCUT2D eigenvalue weighted by Gasteiger charge is 2.64. The summed E-state index contributed by atoms with van der Waals surface area (Å²) >= 11 is 0. The lowest BCUT2D eigenvalue weighted by Crippen LogP contribution is -2.62. The number of hydrogen-bond acceptors (Lipinski definition) is 5. The summed E-state index contributed by atoms with van der Waals surface area (Å²) in [5.41, 5.74) is 0.534. The molecule has 1 heterocycles. The number of aliphatic hydroxyl groups excluding tert-OH is 2. The van der Waals surface area contributed by atoms with Crippen LogP contribution in [0.5, 0.6) is 0 Å². The number of piperazine rings is 1. The molecule has 0 spiro atoms. The van der Waals surface area contributed by atoms with Crippen molar-refractivity contribution in [1.82, 2.24) is 15.1 Å². The summed E-state index contributed by atoms with van der Waals surface area (Å²) in [5.74, 6) is 3.76. The first kappa shape index (κ1) is 29.8. The number of likely N-dealkylation sites (N-methyl/N-ethyl adjacent to an activating group) is 1. The molecule has 3 N–H and O–H groups in total. The zero-order valence-electron chi connectivity index (χ0n) is 25.7. The van der Waals surface area contributed by atoms with Crippen molar-refractivity contribution >= 4 is 5.91 Å². The molecule has 0 aromatic heterocycles. The van der Waals surface area contributed by atoms with Crippen molar-refractivity contribution in [2.75, 3.05) is 46.3 Å². The third-order valence-electron chi connectivity index (χ3n) is 13.3. The average Bonchev–Trinajstić information content (AvgIpc) is 3.27. The van der Waals surface area contributed by atoms with Gasteiger partial charge in [0, 0.05) is 45.7 Å². The zero-order chi connectivity index (χ0) is 27.9. The van der Waals surface area contributed by atoms with Gasteiger partial charge in [-0.25, -0.2) is 0 Å². The van der Waals surface area contributed by atoms with Crippen molar-refractivity contribution in [3.05, 3.63) is 0 Å². The van der Waals surface area contributed by atoms with E-state index in [-0.39, 0.29) is 28.9 Å². The number of fused-ring (bicyclic) bond motifs is 5. The summed E-state index contributed by atoms with van der Waals surface area (Å²) in [4.78, 5) is 17.5. The molecule has 4 aliphatic carbocycles. The molecule has 6 nitrogen and oxygen atoms in total. The highest BCUT2D eigenvalue weighted by molar-refractivity contribution is 5.75. The molecule has 4 saturated carbocycles. The summed E-state index contributed by atoms with van der Waals surface area (Å²) in [6.07, 6.45) is 10.1. The van der Waals surface area contributed by atoms with Crippen molar-refractivity contribution in [3.8, 4) is 0 Å². The van der Waals surface area contributed by atoms with E-state index in [1.807, 2.05) is 0 Å². The fourth-order valence-corrected chi connectivity index (χ4v) is 11.0. The summed E-state index contributed by atoms with van der Waals surface area (Å²) in [6, 6.07) is 0. The molecule has 5 fully saturated rings. The second kappa shape index (κ2) is 11.9. The number of rotatable bonds is 8. The number of amides is 1. The summed E-state index contributed by atoms with van der Waals surface area (Å²) in [5, 5.41) is 25.6. The lowest BCUT2D eigenvalue weighted by molar-refractivity contribution is -0.203. The van der Waals surface area contributed by atoms with E-state index in [1.165, 1.54) is 25.7 Å². The van der Waals surface area contributed by atoms with Gasteiger partial charge in [-0.2, -0.15) is 0 Å². The minimum atomic E-state index is -0.229. The van der Waals surface area contributed by atoms with E-state index in [0.717, 1.165) is 71.4 Å². The second-order valence-corrected chi connectivity index (χ2v) is 15.1. The van der Waals surface area contributed by atoms with E-state index < -0.39 is 0 Å². The number of hydrogen-bond donors (Lipinski definition) is 3. The maximum absolute atomic E-state index is 12.7. The van der Waals surface area contributed by atoms with Crippen LogP contribution in [-0.2, 0) is 4.79 Å². The Morgan fingerprint density at radius 1 is 0.974 bits per heavy atom. The van der Waals surface area contributed by atoms with E-state index in [1.54, 1.807) is 0 Å². The minimum absolute atomic E-state index is 0.185. The fraction of sp³-hybridized carbons (Fsp3) is 0.970. The molecule has 5 rings (SSSR count). The highest BCUT2D eigenvalue weighted by Crippen LogP contribution is 2.69. The van der Waals surface area contributed by atoms with Crippen molar-refractivity contribution in [2.45, 2.75) is 104 Å². The lowest BCUT2D eigenvalue weighted by atomic mass is 9.41. The molecule has 1 saturated heterocycles. The largest absolute Gasteiger partial charge is 0.393 e. The average molecular weight is 546 g/mol. The molecule has 11 atom stereocenters. The first-order valence-electron chi connectivity index (χ1n) is 16.6. The Balaban J connectivity index is 1.18. The van der Waals surface area contributed by atoms with Gasteiger partial charge < -0.3 is 20.4 Å². The number of carbonyl (C=O) groups is 1. The predicted octanol–water partition coefficient (Wildman–Crippen LogP) is 4.39. The SMILES string of the molecule is CC[C@H]1[C@@H](O)[C@@H]2[C@H](CC[C@]3(C)[C@@H]([C@H](C)CCC(=O)NCCN4CCN(C)CC4)CC[C@@H]23)[C@@]2(C)CC[C@@H](O)C[C@@H]12. The maximum Gasteiger partial charge on any atom is 0.220 e. The van der Waals surface area contributed by atoms with Gasteiger partial charge in [0.25, 0.3) is 0 Å². The van der Waals surface area contributed by atoms with Crippen LogP contribution >= 0.6 is 0 Å². The molecule has 1 aliphatic heterocycles. The van der Waals surface area contributed by atoms with Crippen molar-refractivity contribution < 1.29 is 15.0 Å². The molecule has 5 aliphatic rings. The monoisotopic (exact) mass is 545 g/mol. The minimum Gasteiger partial charge on any atom is -0.393 e. The summed E-state index contributed by atoms with van der Waals surface area (Å²) in [7, 11) is 2.18. The normalized spacial score (nSPS) is 45.7. The molecule has 1 amide bonds. The van der Waals surface area contributed by atoms with Crippen LogP contribution in [0.15, 0.2) is 0 Å². The summed E-state index contributed by atoms with van der Waals surface area (Å²) in [6.45, 7) is 15.9. The van der Waals surface area contributed by atoms with Gasteiger partial charge >= 0.3 is 0 Å². The molecule has 0 bridgehead atoms. The van der Waals surface area contributed by atoms with Gasteiger partial charge in [-0.1, -0.05) is 34.1 Å². The van der Waals surface area contributed by atoms with Gasteiger partial charge in [-0.05, 0) is 111 Å². The van der Waals surface area contributed by atoms with Crippen molar-refractivity contribution in [3.63, 3.8) is 0 Å². The smallest absolute Gasteiger partial charge is 0.220 e. The van der Waals surface area contributed by atoms with Gasteiger partial charge in [-0.3, -0.25) is 9.69 Å². The van der Waals surface area contributed by atoms with Gasteiger partial charge in [0.2, 0.25) is 5.91 Å².